The fourth-order valence-corrected chi connectivity index (χ4v) is 3.12. The maximum Gasteiger partial charge on any atom is 0.330 e. The van der Waals surface area contributed by atoms with Gasteiger partial charge in [0.05, 0.1) is 5.02 Å². The quantitative estimate of drug-likeness (QED) is 0.813. The van der Waals surface area contributed by atoms with Gasteiger partial charge in [-0.25, -0.2) is 4.79 Å². The van der Waals surface area contributed by atoms with Crippen molar-refractivity contribution in [2.75, 3.05) is 18.1 Å². The summed E-state index contributed by atoms with van der Waals surface area (Å²) in [5, 5.41) is 10.1. The molecule has 1 amide bonds. The molecule has 6 nitrogen and oxygen atoms in total. The molecule has 1 saturated heterocycles. The van der Waals surface area contributed by atoms with Crippen LogP contribution in [0.2, 0.25) is 5.02 Å². The van der Waals surface area contributed by atoms with Crippen molar-refractivity contribution >= 4 is 29.2 Å². The zero-order valence-corrected chi connectivity index (χ0v) is 15.8. The van der Waals surface area contributed by atoms with E-state index in [2.05, 4.69) is 0 Å². The van der Waals surface area contributed by atoms with Crippen molar-refractivity contribution in [2.24, 2.45) is 0 Å². The van der Waals surface area contributed by atoms with Gasteiger partial charge in [0.1, 0.15) is 11.4 Å². The predicted octanol–water partition coefficient (Wildman–Crippen LogP) is 3.12. The molecule has 1 aromatic carbocycles. The molecule has 0 aromatic heterocycles. The lowest BCUT2D eigenvalue weighted by Crippen LogP contribution is -2.60. The lowest BCUT2D eigenvalue weighted by Gasteiger charge is -2.42. The van der Waals surface area contributed by atoms with Gasteiger partial charge in [-0.1, -0.05) is 11.6 Å². The van der Waals surface area contributed by atoms with Gasteiger partial charge in [0, 0.05) is 31.7 Å². The van der Waals surface area contributed by atoms with Crippen LogP contribution in [0.1, 0.15) is 33.6 Å². The van der Waals surface area contributed by atoms with Crippen molar-refractivity contribution in [2.45, 2.75) is 44.8 Å². The van der Waals surface area contributed by atoms with Crippen molar-refractivity contribution in [1.29, 1.82) is 0 Å². The maximum absolute atomic E-state index is 12.5. The summed E-state index contributed by atoms with van der Waals surface area (Å²) in [7, 11) is 0. The molecule has 0 atom stereocenters. The van der Waals surface area contributed by atoms with Gasteiger partial charge in [0.25, 0.3) is 0 Å². The number of carbonyl (C=O) groups is 2. The molecule has 0 spiro atoms. The zero-order chi connectivity index (χ0) is 19.5. The normalized spacial score (nSPS) is 16.4. The van der Waals surface area contributed by atoms with E-state index in [-0.39, 0.29) is 31.1 Å². The minimum Gasteiger partial charge on any atom is -0.487 e. The largest absolute Gasteiger partial charge is 0.487 e. The molecule has 140 valence electrons. The highest BCUT2D eigenvalue weighted by molar-refractivity contribution is 6.32. The smallest absolute Gasteiger partial charge is 0.330 e. The van der Waals surface area contributed by atoms with Gasteiger partial charge >= 0.3 is 11.9 Å². The van der Waals surface area contributed by atoms with Crippen LogP contribution in [-0.2, 0) is 14.3 Å². The second kappa shape index (κ2) is 7.56. The molecule has 7 heteroatoms. The first kappa shape index (κ1) is 20.1. The number of terminal acetylenes is 1. The number of carboxylic acids is 1. The van der Waals surface area contributed by atoms with Gasteiger partial charge in [-0.2, -0.15) is 0 Å². The van der Waals surface area contributed by atoms with E-state index in [1.807, 2.05) is 26.7 Å². The molecule has 26 heavy (non-hydrogen) atoms. The average Bonchev–Trinajstić information content (AvgIpc) is 2.57. The summed E-state index contributed by atoms with van der Waals surface area (Å²) in [6.07, 6.45) is 5.57. The zero-order valence-electron chi connectivity index (χ0n) is 15.0. The third-order valence-corrected chi connectivity index (χ3v) is 4.36. The van der Waals surface area contributed by atoms with E-state index in [4.69, 9.17) is 27.5 Å². The summed E-state index contributed by atoms with van der Waals surface area (Å²) in [6.45, 7) is 6.09. The summed E-state index contributed by atoms with van der Waals surface area (Å²) in [5.41, 5.74) is -1.62. The number of nitrogens with zero attached hydrogens (tertiary/aromatic N) is 1. The Kier molecular flexibility index (Phi) is 5.84. The fraction of sp³-hybridized carbons (Fsp3) is 0.474. The highest BCUT2D eigenvalue weighted by Gasteiger charge is 2.48. The third kappa shape index (κ3) is 4.12. The molecule has 1 heterocycles. The number of aliphatic carboxylic acids is 1. The molecular weight excluding hydrogens is 358 g/mol. The van der Waals surface area contributed by atoms with E-state index in [1.165, 1.54) is 6.07 Å². The molecule has 1 aromatic rings. The van der Waals surface area contributed by atoms with Crippen LogP contribution in [0.15, 0.2) is 18.2 Å². The van der Waals surface area contributed by atoms with Gasteiger partial charge in [-0.15, -0.1) is 6.42 Å². The van der Waals surface area contributed by atoms with Crippen molar-refractivity contribution in [3.8, 4) is 18.1 Å². The Morgan fingerprint density at radius 1 is 1.35 bits per heavy atom. The summed E-state index contributed by atoms with van der Waals surface area (Å²) < 4.78 is 11.0. The number of carboxylic acid groups (broad SMARTS) is 1. The molecule has 1 fully saturated rings. The van der Waals surface area contributed by atoms with Crippen LogP contribution >= 0.6 is 11.6 Å². The van der Waals surface area contributed by atoms with Gasteiger partial charge in [0.15, 0.2) is 5.54 Å². The molecule has 0 radical (unpaired) electrons. The molecule has 1 aliphatic rings. The SMILES string of the molecule is C#CC(=O)N(c1ccc(OC(C)(C)C)c(Cl)c1)C1(C(=O)O)CCOCC1. The Morgan fingerprint density at radius 3 is 2.42 bits per heavy atom. The van der Waals surface area contributed by atoms with E-state index in [0.29, 0.717) is 11.4 Å². The van der Waals surface area contributed by atoms with Crippen LogP contribution in [0.4, 0.5) is 5.69 Å². The number of hydrogen-bond donors (Lipinski definition) is 1. The molecule has 1 aliphatic heterocycles. The number of halogens is 1. The minimum absolute atomic E-state index is 0.133. The van der Waals surface area contributed by atoms with Crippen LogP contribution in [0.3, 0.4) is 0 Å². The standard InChI is InChI=1S/C19H22ClNO5/c1-5-16(22)21(19(17(23)24)8-10-25-11-9-19)13-6-7-15(14(20)12-13)26-18(2,3)4/h1,6-7,12H,8-11H2,2-4H3,(H,23,24). The highest BCUT2D eigenvalue weighted by Crippen LogP contribution is 2.37. The Bertz CT molecular complexity index is 741. The summed E-state index contributed by atoms with van der Waals surface area (Å²) >= 11 is 6.30. The van der Waals surface area contributed by atoms with Crippen molar-refractivity contribution in [3.63, 3.8) is 0 Å². The molecule has 2 rings (SSSR count). The summed E-state index contributed by atoms with van der Waals surface area (Å²) in [4.78, 5) is 25.7. The van der Waals surface area contributed by atoms with E-state index in [1.54, 1.807) is 12.1 Å². The van der Waals surface area contributed by atoms with Crippen LogP contribution < -0.4 is 9.64 Å². The average molecular weight is 380 g/mol. The van der Waals surface area contributed by atoms with Gasteiger partial charge in [-0.3, -0.25) is 9.69 Å². The second-order valence-electron chi connectivity index (χ2n) is 7.06. The number of rotatable bonds is 4. The van der Waals surface area contributed by atoms with Crippen molar-refractivity contribution in [1.82, 2.24) is 0 Å². The Hall–Kier alpha value is -2.23. The molecule has 0 unspecified atom stereocenters. The topological polar surface area (TPSA) is 76.1 Å². The van der Waals surface area contributed by atoms with Crippen LogP contribution in [-0.4, -0.2) is 41.3 Å². The number of anilines is 1. The van der Waals surface area contributed by atoms with Crippen LogP contribution in [0.25, 0.3) is 0 Å². The van der Waals surface area contributed by atoms with Gasteiger partial charge in [0.2, 0.25) is 0 Å². The molecule has 0 saturated carbocycles. The molecule has 1 N–H and O–H groups in total. The highest BCUT2D eigenvalue weighted by atomic mass is 35.5. The molecular formula is C19H22ClNO5. The van der Waals surface area contributed by atoms with Crippen molar-refractivity contribution in [3.05, 3.63) is 23.2 Å². The molecule has 0 bridgehead atoms. The van der Waals surface area contributed by atoms with Crippen LogP contribution in [0.5, 0.6) is 5.75 Å². The van der Waals surface area contributed by atoms with Crippen molar-refractivity contribution < 1.29 is 24.2 Å². The monoisotopic (exact) mass is 379 g/mol. The first-order valence-electron chi connectivity index (χ1n) is 8.21. The number of benzene rings is 1. The van der Waals surface area contributed by atoms with E-state index in [0.717, 1.165) is 4.90 Å². The maximum atomic E-state index is 12.5. The number of hydrogen-bond acceptors (Lipinski definition) is 4. The Balaban J connectivity index is 2.51. The van der Waals surface area contributed by atoms with Gasteiger partial charge in [-0.05, 0) is 44.9 Å². The lowest BCUT2D eigenvalue weighted by molar-refractivity contribution is -0.148. The number of amides is 1. The van der Waals surface area contributed by atoms with E-state index < -0.39 is 23.0 Å². The Labute approximate surface area is 158 Å². The first-order chi connectivity index (χ1) is 12.1. The predicted molar refractivity (Wildman–Crippen MR) is 98.6 cm³/mol. The lowest BCUT2D eigenvalue weighted by atomic mass is 9.87. The summed E-state index contributed by atoms with van der Waals surface area (Å²) in [5.74, 6) is 0.589. The summed E-state index contributed by atoms with van der Waals surface area (Å²) in [6, 6.07) is 4.69. The first-order valence-corrected chi connectivity index (χ1v) is 8.59. The number of ether oxygens (including phenoxy) is 2. The third-order valence-electron chi connectivity index (χ3n) is 4.06. The number of carbonyl (C=O) groups excluding carboxylic acids is 1. The van der Waals surface area contributed by atoms with Crippen LogP contribution in [0, 0.1) is 12.3 Å². The second-order valence-corrected chi connectivity index (χ2v) is 7.47. The minimum atomic E-state index is -1.47. The van der Waals surface area contributed by atoms with E-state index in [9.17, 15) is 14.7 Å². The van der Waals surface area contributed by atoms with E-state index >= 15 is 0 Å². The Morgan fingerprint density at radius 2 is 1.96 bits per heavy atom. The molecule has 0 aliphatic carbocycles. The van der Waals surface area contributed by atoms with Gasteiger partial charge < -0.3 is 14.6 Å². The fourth-order valence-electron chi connectivity index (χ4n) is 2.91.